The van der Waals surface area contributed by atoms with Gasteiger partial charge in [0.15, 0.2) is 0 Å². The normalized spacial score (nSPS) is 20.5. The van der Waals surface area contributed by atoms with E-state index >= 15 is 0 Å². The van der Waals surface area contributed by atoms with E-state index in [2.05, 4.69) is 43.3 Å². The molecule has 1 aliphatic carbocycles. The SMILES string of the molecule is CCCCCC1CCC(c2ccc(Cc3ccc(N)cc3)cc2)CC1. The third-order valence-electron chi connectivity index (χ3n) is 5.90. The average molecular weight is 336 g/mol. The van der Waals surface area contributed by atoms with Crippen LogP contribution in [0.1, 0.15) is 80.9 Å². The zero-order valence-electron chi connectivity index (χ0n) is 15.7. The first-order valence-corrected chi connectivity index (χ1v) is 10.2. The summed E-state index contributed by atoms with van der Waals surface area (Å²) >= 11 is 0. The van der Waals surface area contributed by atoms with E-state index in [0.29, 0.717) is 0 Å². The Morgan fingerprint density at radius 2 is 1.40 bits per heavy atom. The summed E-state index contributed by atoms with van der Waals surface area (Å²) in [5.41, 5.74) is 10.9. The van der Waals surface area contributed by atoms with Gasteiger partial charge in [0.1, 0.15) is 0 Å². The molecule has 1 heteroatoms. The topological polar surface area (TPSA) is 26.0 Å². The molecule has 134 valence electrons. The van der Waals surface area contributed by atoms with E-state index in [1.165, 1.54) is 62.5 Å². The number of benzene rings is 2. The van der Waals surface area contributed by atoms with Gasteiger partial charge in [-0.2, -0.15) is 0 Å². The highest BCUT2D eigenvalue weighted by molar-refractivity contribution is 5.40. The zero-order chi connectivity index (χ0) is 17.5. The summed E-state index contributed by atoms with van der Waals surface area (Å²) in [6.07, 6.45) is 12.3. The minimum atomic E-state index is 0.785. The van der Waals surface area contributed by atoms with Crippen LogP contribution >= 0.6 is 0 Å². The molecule has 0 aromatic heterocycles. The largest absolute Gasteiger partial charge is 0.399 e. The monoisotopic (exact) mass is 335 g/mol. The Balaban J connectivity index is 1.50. The number of unbranched alkanes of at least 4 members (excludes halogenated alkanes) is 2. The summed E-state index contributed by atoms with van der Waals surface area (Å²) in [5.74, 6) is 1.78. The van der Waals surface area contributed by atoms with E-state index in [9.17, 15) is 0 Å². The van der Waals surface area contributed by atoms with Crippen molar-refractivity contribution in [1.82, 2.24) is 0 Å². The van der Waals surface area contributed by atoms with E-state index in [1.54, 1.807) is 5.56 Å². The summed E-state index contributed by atoms with van der Waals surface area (Å²) in [5, 5.41) is 0. The fraction of sp³-hybridized carbons (Fsp3) is 0.500. The summed E-state index contributed by atoms with van der Waals surface area (Å²) in [7, 11) is 0. The maximum Gasteiger partial charge on any atom is 0.0314 e. The molecule has 0 atom stereocenters. The highest BCUT2D eigenvalue weighted by Gasteiger charge is 2.21. The second-order valence-corrected chi connectivity index (χ2v) is 7.87. The molecule has 0 spiro atoms. The van der Waals surface area contributed by atoms with Crippen LogP contribution in [0.25, 0.3) is 0 Å². The maximum absolute atomic E-state index is 5.77. The molecule has 0 bridgehead atoms. The molecule has 1 saturated carbocycles. The van der Waals surface area contributed by atoms with Gasteiger partial charge in [-0.3, -0.25) is 0 Å². The number of nitrogen functional groups attached to an aromatic ring is 1. The van der Waals surface area contributed by atoms with Gasteiger partial charge in [0.2, 0.25) is 0 Å². The van der Waals surface area contributed by atoms with Crippen molar-refractivity contribution in [2.24, 2.45) is 5.92 Å². The van der Waals surface area contributed by atoms with Gasteiger partial charge in [-0.25, -0.2) is 0 Å². The Morgan fingerprint density at radius 1 is 0.800 bits per heavy atom. The third-order valence-corrected chi connectivity index (χ3v) is 5.90. The molecule has 0 heterocycles. The predicted octanol–water partition coefficient (Wildman–Crippen LogP) is 6.71. The Morgan fingerprint density at radius 3 is 2.00 bits per heavy atom. The van der Waals surface area contributed by atoms with Crippen molar-refractivity contribution >= 4 is 5.69 Å². The van der Waals surface area contributed by atoms with Gasteiger partial charge in [-0.15, -0.1) is 0 Å². The lowest BCUT2D eigenvalue weighted by Crippen LogP contribution is -2.13. The first-order valence-electron chi connectivity index (χ1n) is 10.2. The van der Waals surface area contributed by atoms with E-state index in [1.807, 2.05) is 12.1 Å². The lowest BCUT2D eigenvalue weighted by atomic mass is 9.77. The van der Waals surface area contributed by atoms with Gasteiger partial charge in [-0.05, 0) is 72.8 Å². The van der Waals surface area contributed by atoms with Crippen LogP contribution in [-0.2, 0) is 6.42 Å². The van der Waals surface area contributed by atoms with Crippen LogP contribution in [0.15, 0.2) is 48.5 Å². The van der Waals surface area contributed by atoms with Crippen LogP contribution in [0, 0.1) is 5.92 Å². The standard InChI is InChI=1S/C24H33N/c1-2-3-4-5-19-6-12-22(13-7-19)23-14-8-20(9-15-23)18-21-10-16-24(25)17-11-21/h8-11,14-17,19,22H,2-7,12-13,18,25H2,1H3. The minimum absolute atomic E-state index is 0.785. The molecule has 1 aliphatic rings. The van der Waals surface area contributed by atoms with Crippen LogP contribution in [0.3, 0.4) is 0 Å². The lowest BCUT2D eigenvalue weighted by Gasteiger charge is -2.29. The summed E-state index contributed by atoms with van der Waals surface area (Å²) < 4.78 is 0. The highest BCUT2D eigenvalue weighted by Crippen LogP contribution is 2.37. The minimum Gasteiger partial charge on any atom is -0.399 e. The summed E-state index contributed by atoms with van der Waals surface area (Å²) in [6, 6.07) is 17.6. The molecule has 1 nitrogen and oxygen atoms in total. The Bertz CT molecular complexity index is 618. The van der Waals surface area contributed by atoms with Crippen LogP contribution < -0.4 is 5.73 Å². The molecular formula is C24H33N. The number of hydrogen-bond acceptors (Lipinski definition) is 1. The smallest absolute Gasteiger partial charge is 0.0314 e. The van der Waals surface area contributed by atoms with Gasteiger partial charge < -0.3 is 5.73 Å². The zero-order valence-corrected chi connectivity index (χ0v) is 15.7. The van der Waals surface area contributed by atoms with E-state index < -0.39 is 0 Å². The number of rotatable bonds is 7. The maximum atomic E-state index is 5.77. The molecule has 2 aromatic rings. The molecule has 0 saturated heterocycles. The van der Waals surface area contributed by atoms with Crippen molar-refractivity contribution in [2.45, 2.75) is 70.6 Å². The van der Waals surface area contributed by atoms with Crippen LogP contribution in [0.4, 0.5) is 5.69 Å². The Kier molecular flexibility index (Phi) is 6.55. The summed E-state index contributed by atoms with van der Waals surface area (Å²) in [6.45, 7) is 2.30. The van der Waals surface area contributed by atoms with Crippen LogP contribution in [-0.4, -0.2) is 0 Å². The molecule has 0 amide bonds. The molecule has 2 N–H and O–H groups in total. The molecule has 3 rings (SSSR count). The molecule has 25 heavy (non-hydrogen) atoms. The van der Waals surface area contributed by atoms with Crippen molar-refractivity contribution in [3.05, 3.63) is 65.2 Å². The summed E-state index contributed by atoms with van der Waals surface area (Å²) in [4.78, 5) is 0. The molecule has 0 aliphatic heterocycles. The van der Waals surface area contributed by atoms with E-state index in [0.717, 1.165) is 23.9 Å². The predicted molar refractivity (Wildman–Crippen MR) is 109 cm³/mol. The van der Waals surface area contributed by atoms with Crippen molar-refractivity contribution < 1.29 is 0 Å². The fourth-order valence-electron chi connectivity index (χ4n) is 4.25. The highest BCUT2D eigenvalue weighted by atomic mass is 14.5. The van der Waals surface area contributed by atoms with Crippen LogP contribution in [0.2, 0.25) is 0 Å². The molecule has 2 aromatic carbocycles. The van der Waals surface area contributed by atoms with Crippen molar-refractivity contribution in [3.8, 4) is 0 Å². The lowest BCUT2D eigenvalue weighted by molar-refractivity contribution is 0.303. The second kappa shape index (κ2) is 9.08. The van der Waals surface area contributed by atoms with Gasteiger partial charge in [0, 0.05) is 5.69 Å². The first kappa shape index (κ1) is 18.0. The van der Waals surface area contributed by atoms with Crippen molar-refractivity contribution in [3.63, 3.8) is 0 Å². The number of hydrogen-bond donors (Lipinski definition) is 1. The second-order valence-electron chi connectivity index (χ2n) is 7.87. The quantitative estimate of drug-likeness (QED) is 0.441. The number of nitrogens with two attached hydrogens (primary N) is 1. The van der Waals surface area contributed by atoms with Gasteiger partial charge >= 0.3 is 0 Å². The molecule has 0 unspecified atom stereocenters. The van der Waals surface area contributed by atoms with Crippen molar-refractivity contribution in [1.29, 1.82) is 0 Å². The Hall–Kier alpha value is -1.76. The van der Waals surface area contributed by atoms with Crippen LogP contribution in [0.5, 0.6) is 0 Å². The van der Waals surface area contributed by atoms with Crippen molar-refractivity contribution in [2.75, 3.05) is 5.73 Å². The fourth-order valence-corrected chi connectivity index (χ4v) is 4.25. The average Bonchev–Trinajstić information content (AvgIpc) is 2.65. The Labute approximate surface area is 153 Å². The third kappa shape index (κ3) is 5.36. The number of anilines is 1. The van der Waals surface area contributed by atoms with E-state index in [4.69, 9.17) is 5.73 Å². The van der Waals surface area contributed by atoms with Gasteiger partial charge in [-0.1, -0.05) is 69.0 Å². The van der Waals surface area contributed by atoms with Gasteiger partial charge in [0.25, 0.3) is 0 Å². The molecular weight excluding hydrogens is 302 g/mol. The molecule has 0 radical (unpaired) electrons. The first-order chi connectivity index (χ1) is 12.2. The van der Waals surface area contributed by atoms with E-state index in [-0.39, 0.29) is 0 Å². The molecule has 1 fully saturated rings. The van der Waals surface area contributed by atoms with Gasteiger partial charge in [0.05, 0.1) is 0 Å².